The van der Waals surface area contributed by atoms with Gasteiger partial charge < -0.3 is 15.7 Å². The number of carboxylic acids is 1. The molecule has 0 saturated heterocycles. The zero-order valence-corrected chi connectivity index (χ0v) is 17.5. The first-order valence-electron chi connectivity index (χ1n) is 9.52. The lowest BCUT2D eigenvalue weighted by Gasteiger charge is -2.12. The molecule has 0 heterocycles. The van der Waals surface area contributed by atoms with Crippen LogP contribution < -0.4 is 10.6 Å². The summed E-state index contributed by atoms with van der Waals surface area (Å²) in [5.74, 6) is -2.08. The van der Waals surface area contributed by atoms with E-state index in [1.165, 1.54) is 24.3 Å². The van der Waals surface area contributed by atoms with E-state index >= 15 is 0 Å². The number of benzene rings is 3. The average molecular weight is 450 g/mol. The van der Waals surface area contributed by atoms with Crippen LogP contribution in [-0.4, -0.2) is 26.8 Å². The molecule has 0 unspecified atom stereocenters. The predicted molar refractivity (Wildman–Crippen MR) is 120 cm³/mol. The number of hydrogen-bond acceptors (Lipinski definition) is 7. The number of nitro groups is 2. The number of rotatable bonds is 7. The Morgan fingerprint density at radius 1 is 0.879 bits per heavy atom. The van der Waals surface area contributed by atoms with E-state index in [9.17, 15) is 29.8 Å². The molecule has 0 spiro atoms. The van der Waals surface area contributed by atoms with Crippen LogP contribution in [0.25, 0.3) is 0 Å². The van der Waals surface area contributed by atoms with E-state index in [2.05, 4.69) is 10.6 Å². The third kappa shape index (κ3) is 5.10. The number of aryl methyl sites for hydroxylation is 2. The summed E-state index contributed by atoms with van der Waals surface area (Å²) in [5, 5.41) is 37.7. The molecule has 3 rings (SSSR count). The van der Waals surface area contributed by atoms with Gasteiger partial charge in [-0.2, -0.15) is 0 Å². The Morgan fingerprint density at radius 2 is 1.52 bits per heavy atom. The van der Waals surface area contributed by atoms with Crippen LogP contribution >= 0.6 is 0 Å². The van der Waals surface area contributed by atoms with E-state index in [1.54, 1.807) is 19.1 Å². The number of nitrogens with one attached hydrogen (secondary N) is 2. The van der Waals surface area contributed by atoms with Gasteiger partial charge in [-0.05, 0) is 43.7 Å². The van der Waals surface area contributed by atoms with Crippen molar-refractivity contribution in [2.45, 2.75) is 13.8 Å². The number of carbonyl (C=O) groups is 2. The van der Waals surface area contributed by atoms with Crippen molar-refractivity contribution in [1.29, 1.82) is 0 Å². The highest BCUT2D eigenvalue weighted by Gasteiger charge is 2.29. The quantitative estimate of drug-likeness (QED) is 0.341. The van der Waals surface area contributed by atoms with Crippen LogP contribution in [0.2, 0.25) is 0 Å². The Kier molecular flexibility index (Phi) is 6.34. The minimum Gasteiger partial charge on any atom is -0.478 e. The van der Waals surface area contributed by atoms with Gasteiger partial charge >= 0.3 is 17.3 Å². The first-order chi connectivity index (χ1) is 15.6. The van der Waals surface area contributed by atoms with Crippen molar-refractivity contribution >= 4 is 40.3 Å². The second-order valence-corrected chi connectivity index (χ2v) is 7.19. The Balaban J connectivity index is 2.05. The van der Waals surface area contributed by atoms with E-state index in [-0.39, 0.29) is 22.5 Å². The van der Waals surface area contributed by atoms with E-state index < -0.39 is 33.1 Å². The Morgan fingerprint density at radius 3 is 2.06 bits per heavy atom. The Hall–Kier alpha value is -4.80. The largest absolute Gasteiger partial charge is 0.478 e. The maximum Gasteiger partial charge on any atom is 0.335 e. The number of carboxylic acid groups (broad SMARTS) is 1. The number of carbonyl (C=O) groups excluding carboxylic acids is 1. The summed E-state index contributed by atoms with van der Waals surface area (Å²) in [6.07, 6.45) is 0. The van der Waals surface area contributed by atoms with E-state index in [4.69, 9.17) is 5.11 Å². The summed E-state index contributed by atoms with van der Waals surface area (Å²) < 4.78 is 0. The third-order valence-electron chi connectivity index (χ3n) is 4.76. The van der Waals surface area contributed by atoms with Gasteiger partial charge in [0.05, 0.1) is 21.0 Å². The third-order valence-corrected chi connectivity index (χ3v) is 4.76. The van der Waals surface area contributed by atoms with Crippen molar-refractivity contribution in [3.63, 3.8) is 0 Å². The molecule has 33 heavy (non-hydrogen) atoms. The fourth-order valence-corrected chi connectivity index (χ4v) is 3.18. The molecule has 3 aromatic rings. The molecule has 0 fully saturated rings. The second kappa shape index (κ2) is 9.14. The molecule has 0 aliphatic heterocycles. The van der Waals surface area contributed by atoms with Gasteiger partial charge in [-0.1, -0.05) is 23.8 Å². The first-order valence-corrected chi connectivity index (χ1v) is 9.52. The maximum absolute atomic E-state index is 12.7. The number of nitro benzene ring substituents is 2. The van der Waals surface area contributed by atoms with Crippen molar-refractivity contribution in [2.24, 2.45) is 0 Å². The zero-order chi connectivity index (χ0) is 24.3. The topological polar surface area (TPSA) is 165 Å². The van der Waals surface area contributed by atoms with Gasteiger partial charge in [-0.3, -0.25) is 25.0 Å². The van der Waals surface area contributed by atoms with Crippen LogP contribution in [0.5, 0.6) is 0 Å². The number of aromatic carboxylic acids is 1. The van der Waals surface area contributed by atoms with Crippen LogP contribution in [0.3, 0.4) is 0 Å². The van der Waals surface area contributed by atoms with E-state index in [0.717, 1.165) is 23.3 Å². The SMILES string of the molecule is Cc1ccc(Nc2c([N+](=O)[O-])cc(C(=O)Nc3cccc(C(=O)O)c3)cc2[N+](=O)[O-])c(C)c1. The number of nitrogens with zero attached hydrogens (tertiary/aromatic N) is 2. The maximum atomic E-state index is 12.7. The number of hydrogen-bond donors (Lipinski definition) is 3. The molecule has 0 aromatic heterocycles. The second-order valence-electron chi connectivity index (χ2n) is 7.19. The summed E-state index contributed by atoms with van der Waals surface area (Å²) in [6, 6.07) is 12.4. The molecule has 0 bridgehead atoms. The summed E-state index contributed by atoms with van der Waals surface area (Å²) in [4.78, 5) is 45.6. The summed E-state index contributed by atoms with van der Waals surface area (Å²) in [5.41, 5.74) is 0.124. The highest BCUT2D eigenvalue weighted by Crippen LogP contribution is 2.38. The van der Waals surface area contributed by atoms with E-state index in [0.29, 0.717) is 5.69 Å². The van der Waals surface area contributed by atoms with Gasteiger partial charge in [-0.25, -0.2) is 4.79 Å². The molecule has 0 aliphatic carbocycles. The molecule has 0 aliphatic rings. The van der Waals surface area contributed by atoms with Gasteiger partial charge in [0.25, 0.3) is 5.91 Å². The zero-order valence-electron chi connectivity index (χ0n) is 17.5. The smallest absolute Gasteiger partial charge is 0.335 e. The molecular formula is C22H18N4O7. The number of anilines is 3. The first kappa shape index (κ1) is 22.9. The van der Waals surface area contributed by atoms with Crippen LogP contribution in [0.1, 0.15) is 31.8 Å². The highest BCUT2D eigenvalue weighted by atomic mass is 16.6. The number of amides is 1. The van der Waals surface area contributed by atoms with Crippen LogP contribution in [0.4, 0.5) is 28.4 Å². The summed E-state index contributed by atoms with van der Waals surface area (Å²) in [7, 11) is 0. The van der Waals surface area contributed by atoms with Gasteiger partial charge in [0.15, 0.2) is 5.69 Å². The van der Waals surface area contributed by atoms with Crippen LogP contribution in [0, 0.1) is 34.1 Å². The molecule has 3 N–H and O–H groups in total. The molecule has 0 radical (unpaired) electrons. The van der Waals surface area contributed by atoms with E-state index in [1.807, 2.05) is 13.0 Å². The molecule has 11 nitrogen and oxygen atoms in total. The highest BCUT2D eigenvalue weighted by molar-refractivity contribution is 6.06. The normalized spacial score (nSPS) is 10.4. The molecule has 1 amide bonds. The fraction of sp³-hybridized carbons (Fsp3) is 0.0909. The minimum atomic E-state index is -1.21. The fourth-order valence-electron chi connectivity index (χ4n) is 3.18. The Bertz CT molecular complexity index is 1270. The lowest BCUT2D eigenvalue weighted by molar-refractivity contribution is -0.392. The lowest BCUT2D eigenvalue weighted by atomic mass is 10.1. The van der Waals surface area contributed by atoms with Crippen molar-refractivity contribution in [3.8, 4) is 0 Å². The van der Waals surface area contributed by atoms with Gasteiger partial charge in [0.2, 0.25) is 0 Å². The Labute approximate surface area is 187 Å². The minimum absolute atomic E-state index is 0.0854. The molecule has 168 valence electrons. The molecule has 0 atom stereocenters. The molecule has 11 heteroatoms. The standard InChI is InChI=1S/C22H18N4O7/c1-12-6-7-17(13(2)8-12)24-20-18(25(30)31)10-15(11-19(20)26(32)33)21(27)23-16-5-3-4-14(9-16)22(28)29/h3-11,24H,1-2H3,(H,23,27)(H,28,29). The molecule has 3 aromatic carbocycles. The van der Waals surface area contributed by atoms with Crippen molar-refractivity contribution in [3.05, 3.63) is 97.1 Å². The molecular weight excluding hydrogens is 432 g/mol. The predicted octanol–water partition coefficient (Wildman–Crippen LogP) is 4.81. The van der Waals surface area contributed by atoms with Crippen molar-refractivity contribution in [1.82, 2.24) is 0 Å². The van der Waals surface area contributed by atoms with Gasteiger partial charge in [0, 0.05) is 23.5 Å². The van der Waals surface area contributed by atoms with Gasteiger partial charge in [0.1, 0.15) is 0 Å². The average Bonchev–Trinajstić information content (AvgIpc) is 2.75. The van der Waals surface area contributed by atoms with Gasteiger partial charge in [-0.15, -0.1) is 0 Å². The van der Waals surface area contributed by atoms with Crippen LogP contribution in [-0.2, 0) is 0 Å². The lowest BCUT2D eigenvalue weighted by Crippen LogP contribution is -2.14. The summed E-state index contributed by atoms with van der Waals surface area (Å²) in [6.45, 7) is 3.61. The monoisotopic (exact) mass is 450 g/mol. The van der Waals surface area contributed by atoms with Crippen LogP contribution in [0.15, 0.2) is 54.6 Å². The summed E-state index contributed by atoms with van der Waals surface area (Å²) >= 11 is 0. The van der Waals surface area contributed by atoms with Crippen molar-refractivity contribution < 1.29 is 24.5 Å². The molecule has 0 saturated carbocycles. The van der Waals surface area contributed by atoms with Crippen molar-refractivity contribution in [2.75, 3.05) is 10.6 Å².